The fourth-order valence-electron chi connectivity index (χ4n) is 1.42. The minimum atomic E-state index is -1.07. The summed E-state index contributed by atoms with van der Waals surface area (Å²) in [5.74, 6) is -1.07. The number of hydrogen-bond donors (Lipinski definition) is 2. The first-order valence-electron chi connectivity index (χ1n) is 5.20. The summed E-state index contributed by atoms with van der Waals surface area (Å²) in [6.07, 6.45) is 2.02. The summed E-state index contributed by atoms with van der Waals surface area (Å²) < 4.78 is 0. The van der Waals surface area contributed by atoms with E-state index >= 15 is 0 Å². The molecule has 1 atom stereocenters. The van der Waals surface area contributed by atoms with Crippen LogP contribution in [0.2, 0.25) is 0 Å². The standard InChI is InChI=1S/C12H12N2O2S2/c1-17-8-4-2-7(3-5-8)11-14-9(6-18-11)10(13)12(15)16/h2-6,10H,13H2,1H3,(H,15,16). The van der Waals surface area contributed by atoms with Crippen molar-refractivity contribution in [2.45, 2.75) is 10.9 Å². The second-order valence-corrected chi connectivity index (χ2v) is 5.36. The predicted molar refractivity (Wildman–Crippen MR) is 73.9 cm³/mol. The Morgan fingerprint density at radius 2 is 2.11 bits per heavy atom. The smallest absolute Gasteiger partial charge is 0.326 e. The molecule has 0 radical (unpaired) electrons. The number of carbonyl (C=O) groups is 1. The molecule has 2 aromatic rings. The molecule has 4 nitrogen and oxygen atoms in total. The van der Waals surface area contributed by atoms with E-state index in [2.05, 4.69) is 4.98 Å². The SMILES string of the molecule is CSc1ccc(-c2nc(C(N)C(=O)O)cs2)cc1. The first kappa shape index (κ1) is 13.1. The number of nitrogens with two attached hydrogens (primary N) is 1. The van der Waals surface area contributed by atoms with Gasteiger partial charge in [-0.05, 0) is 18.4 Å². The van der Waals surface area contributed by atoms with Gasteiger partial charge in [0.05, 0.1) is 5.69 Å². The molecule has 0 aliphatic heterocycles. The van der Waals surface area contributed by atoms with E-state index in [0.29, 0.717) is 5.69 Å². The summed E-state index contributed by atoms with van der Waals surface area (Å²) in [6.45, 7) is 0. The zero-order valence-corrected chi connectivity index (χ0v) is 11.3. The van der Waals surface area contributed by atoms with Gasteiger partial charge in [-0.3, -0.25) is 4.79 Å². The van der Waals surface area contributed by atoms with E-state index < -0.39 is 12.0 Å². The molecule has 18 heavy (non-hydrogen) atoms. The average Bonchev–Trinajstić information content (AvgIpc) is 2.87. The lowest BCUT2D eigenvalue weighted by Crippen LogP contribution is -2.20. The predicted octanol–water partition coefficient (Wildman–Crippen LogP) is 2.62. The summed E-state index contributed by atoms with van der Waals surface area (Å²) in [7, 11) is 0. The number of nitrogens with zero attached hydrogens (tertiary/aromatic N) is 1. The number of benzene rings is 1. The molecular formula is C12H12N2O2S2. The number of hydrogen-bond acceptors (Lipinski definition) is 5. The van der Waals surface area contributed by atoms with E-state index in [0.717, 1.165) is 10.6 Å². The summed E-state index contributed by atoms with van der Waals surface area (Å²) in [4.78, 5) is 16.2. The highest BCUT2D eigenvalue weighted by molar-refractivity contribution is 7.98. The molecule has 0 bridgehead atoms. The summed E-state index contributed by atoms with van der Waals surface area (Å²) in [5.41, 5.74) is 6.89. The molecular weight excluding hydrogens is 268 g/mol. The van der Waals surface area contributed by atoms with Gasteiger partial charge in [-0.1, -0.05) is 12.1 Å². The molecule has 1 unspecified atom stereocenters. The molecule has 0 saturated carbocycles. The van der Waals surface area contributed by atoms with Gasteiger partial charge in [0.15, 0.2) is 0 Å². The molecule has 6 heteroatoms. The van der Waals surface area contributed by atoms with E-state index in [4.69, 9.17) is 10.8 Å². The number of rotatable bonds is 4. The highest BCUT2D eigenvalue weighted by Gasteiger charge is 2.17. The normalized spacial score (nSPS) is 12.3. The van der Waals surface area contributed by atoms with Crippen LogP contribution in [0.4, 0.5) is 0 Å². The maximum absolute atomic E-state index is 10.8. The van der Waals surface area contributed by atoms with Gasteiger partial charge < -0.3 is 10.8 Å². The van der Waals surface area contributed by atoms with Crippen molar-refractivity contribution in [2.75, 3.05) is 6.26 Å². The fraction of sp³-hybridized carbons (Fsp3) is 0.167. The van der Waals surface area contributed by atoms with Crippen molar-refractivity contribution in [3.8, 4) is 10.6 Å². The maximum atomic E-state index is 10.8. The lowest BCUT2D eigenvalue weighted by atomic mass is 10.2. The van der Waals surface area contributed by atoms with Gasteiger partial charge >= 0.3 is 5.97 Å². The summed E-state index contributed by atoms with van der Waals surface area (Å²) in [6, 6.07) is 6.91. The number of aliphatic carboxylic acids is 1. The quantitative estimate of drug-likeness (QED) is 0.842. The lowest BCUT2D eigenvalue weighted by Gasteiger charge is -2.01. The highest BCUT2D eigenvalue weighted by atomic mass is 32.2. The first-order valence-corrected chi connectivity index (χ1v) is 7.30. The Labute approximate surface area is 113 Å². The van der Waals surface area contributed by atoms with Crippen molar-refractivity contribution < 1.29 is 9.90 Å². The Balaban J connectivity index is 2.26. The molecule has 0 fully saturated rings. The zero-order chi connectivity index (χ0) is 13.1. The van der Waals surface area contributed by atoms with Crippen LogP contribution in [0, 0.1) is 0 Å². The van der Waals surface area contributed by atoms with Crippen LogP contribution in [0.1, 0.15) is 11.7 Å². The van der Waals surface area contributed by atoms with Crippen LogP contribution in [0.15, 0.2) is 34.5 Å². The van der Waals surface area contributed by atoms with Crippen molar-refractivity contribution in [1.82, 2.24) is 4.98 Å². The van der Waals surface area contributed by atoms with E-state index in [1.54, 1.807) is 17.1 Å². The fourth-order valence-corrected chi connectivity index (χ4v) is 2.69. The Kier molecular flexibility index (Phi) is 4.00. The second-order valence-electron chi connectivity index (χ2n) is 3.62. The van der Waals surface area contributed by atoms with E-state index in [1.165, 1.54) is 16.2 Å². The maximum Gasteiger partial charge on any atom is 0.326 e. The van der Waals surface area contributed by atoms with Crippen molar-refractivity contribution >= 4 is 29.1 Å². The topological polar surface area (TPSA) is 76.2 Å². The third-order valence-electron chi connectivity index (χ3n) is 2.44. The number of carboxylic acids is 1. The Bertz CT molecular complexity index is 551. The largest absolute Gasteiger partial charge is 0.480 e. The lowest BCUT2D eigenvalue weighted by molar-refractivity contribution is -0.138. The molecule has 1 aromatic heterocycles. The van der Waals surface area contributed by atoms with Crippen LogP contribution in [0.25, 0.3) is 10.6 Å². The molecule has 1 heterocycles. The number of thiazole rings is 1. The van der Waals surface area contributed by atoms with Crippen LogP contribution in [0.5, 0.6) is 0 Å². The van der Waals surface area contributed by atoms with Crippen LogP contribution < -0.4 is 5.73 Å². The van der Waals surface area contributed by atoms with E-state index in [-0.39, 0.29) is 0 Å². The van der Waals surface area contributed by atoms with Gasteiger partial charge in [0, 0.05) is 15.8 Å². The van der Waals surface area contributed by atoms with Gasteiger partial charge in [-0.25, -0.2) is 4.98 Å². The van der Waals surface area contributed by atoms with Crippen LogP contribution >= 0.6 is 23.1 Å². The molecule has 94 valence electrons. The monoisotopic (exact) mass is 280 g/mol. The van der Waals surface area contributed by atoms with Crippen molar-refractivity contribution in [3.63, 3.8) is 0 Å². The number of thioether (sulfide) groups is 1. The molecule has 3 N–H and O–H groups in total. The van der Waals surface area contributed by atoms with E-state index in [9.17, 15) is 4.79 Å². The first-order chi connectivity index (χ1) is 8.61. The molecule has 0 amide bonds. The second kappa shape index (κ2) is 5.51. The minimum Gasteiger partial charge on any atom is -0.480 e. The van der Waals surface area contributed by atoms with Gasteiger partial charge in [-0.2, -0.15) is 0 Å². The van der Waals surface area contributed by atoms with Crippen molar-refractivity contribution in [2.24, 2.45) is 5.73 Å². The number of aromatic nitrogens is 1. The third-order valence-corrected chi connectivity index (χ3v) is 4.10. The van der Waals surface area contributed by atoms with Crippen LogP contribution in [-0.2, 0) is 4.79 Å². The Morgan fingerprint density at radius 3 is 2.67 bits per heavy atom. The molecule has 0 aliphatic carbocycles. The van der Waals surface area contributed by atoms with Gasteiger partial charge in [0.1, 0.15) is 11.0 Å². The summed E-state index contributed by atoms with van der Waals surface area (Å²) in [5, 5.41) is 11.3. The van der Waals surface area contributed by atoms with Crippen LogP contribution in [0.3, 0.4) is 0 Å². The molecule has 1 aromatic carbocycles. The Morgan fingerprint density at radius 1 is 1.44 bits per heavy atom. The van der Waals surface area contributed by atoms with E-state index in [1.807, 2.05) is 30.5 Å². The third kappa shape index (κ3) is 2.72. The van der Waals surface area contributed by atoms with Gasteiger partial charge in [-0.15, -0.1) is 23.1 Å². The van der Waals surface area contributed by atoms with Crippen LogP contribution in [-0.4, -0.2) is 22.3 Å². The molecule has 0 saturated heterocycles. The van der Waals surface area contributed by atoms with Gasteiger partial charge in [0.2, 0.25) is 0 Å². The molecule has 0 spiro atoms. The number of carboxylic acid groups (broad SMARTS) is 1. The zero-order valence-electron chi connectivity index (χ0n) is 9.66. The highest BCUT2D eigenvalue weighted by Crippen LogP contribution is 2.27. The minimum absolute atomic E-state index is 0.399. The summed E-state index contributed by atoms with van der Waals surface area (Å²) >= 11 is 3.07. The molecule has 2 rings (SSSR count). The average molecular weight is 280 g/mol. The van der Waals surface area contributed by atoms with Crippen molar-refractivity contribution in [1.29, 1.82) is 0 Å². The molecule has 0 aliphatic rings. The Hall–Kier alpha value is -1.37. The van der Waals surface area contributed by atoms with Crippen molar-refractivity contribution in [3.05, 3.63) is 35.3 Å². The van der Waals surface area contributed by atoms with Gasteiger partial charge in [0.25, 0.3) is 0 Å².